The van der Waals surface area contributed by atoms with Crippen molar-refractivity contribution in [2.75, 3.05) is 16.8 Å². The summed E-state index contributed by atoms with van der Waals surface area (Å²) in [6, 6.07) is 13.0. The van der Waals surface area contributed by atoms with Crippen LogP contribution in [0, 0.1) is 5.82 Å². The van der Waals surface area contributed by atoms with Crippen LogP contribution in [0.4, 0.5) is 20.6 Å². The predicted octanol–water partition coefficient (Wildman–Crippen LogP) is 3.27. The third-order valence-electron chi connectivity index (χ3n) is 3.90. The van der Waals surface area contributed by atoms with Crippen molar-refractivity contribution >= 4 is 23.3 Å². The van der Waals surface area contributed by atoms with E-state index in [0.717, 1.165) is 24.2 Å². The molecule has 5 nitrogen and oxygen atoms in total. The number of benzene rings is 2. The summed E-state index contributed by atoms with van der Waals surface area (Å²) in [4.78, 5) is 25.3. The van der Waals surface area contributed by atoms with Gasteiger partial charge in [0.1, 0.15) is 5.82 Å². The van der Waals surface area contributed by atoms with E-state index in [1.165, 1.54) is 12.1 Å². The molecule has 1 aliphatic rings. The third-order valence-corrected chi connectivity index (χ3v) is 3.90. The Hall–Kier alpha value is -2.89. The van der Waals surface area contributed by atoms with Crippen LogP contribution in [-0.4, -0.2) is 18.5 Å². The van der Waals surface area contributed by atoms with E-state index in [1.54, 1.807) is 17.0 Å². The summed E-state index contributed by atoms with van der Waals surface area (Å²) in [7, 11) is 0. The zero-order chi connectivity index (χ0) is 16.9. The molecule has 0 bridgehead atoms. The highest BCUT2D eigenvalue weighted by molar-refractivity contribution is 5.95. The van der Waals surface area contributed by atoms with Crippen molar-refractivity contribution in [3.8, 4) is 0 Å². The highest BCUT2D eigenvalue weighted by Crippen LogP contribution is 2.21. The van der Waals surface area contributed by atoms with Crippen LogP contribution in [0.3, 0.4) is 0 Å². The minimum Gasteiger partial charge on any atom is -0.334 e. The highest BCUT2D eigenvalue weighted by atomic mass is 19.1. The number of amides is 3. The molecule has 6 heteroatoms. The fraction of sp³-hybridized carbons (Fsp3) is 0.222. The topological polar surface area (TPSA) is 61.4 Å². The van der Waals surface area contributed by atoms with Gasteiger partial charge in [-0.3, -0.25) is 4.79 Å². The summed E-state index contributed by atoms with van der Waals surface area (Å²) >= 11 is 0. The number of urea groups is 1. The molecule has 0 unspecified atom stereocenters. The molecule has 1 aliphatic heterocycles. The number of halogens is 1. The van der Waals surface area contributed by atoms with E-state index < -0.39 is 11.8 Å². The normalized spacial score (nSPS) is 13.9. The number of rotatable bonds is 4. The Bertz CT molecular complexity index is 746. The summed E-state index contributed by atoms with van der Waals surface area (Å²) in [6.07, 6.45) is 1.48. The van der Waals surface area contributed by atoms with Crippen molar-refractivity contribution in [3.05, 3.63) is 59.9 Å². The van der Waals surface area contributed by atoms with Crippen LogP contribution in [0.15, 0.2) is 48.5 Å². The lowest BCUT2D eigenvalue weighted by molar-refractivity contribution is -0.117. The summed E-state index contributed by atoms with van der Waals surface area (Å²) in [5.74, 6) is -0.336. The zero-order valence-corrected chi connectivity index (χ0v) is 13.1. The summed E-state index contributed by atoms with van der Waals surface area (Å²) in [5.41, 5.74) is 1.91. The van der Waals surface area contributed by atoms with Crippen LogP contribution in [0.1, 0.15) is 18.4 Å². The Balaban J connectivity index is 1.54. The smallest absolute Gasteiger partial charge is 0.319 e. The van der Waals surface area contributed by atoms with Crippen molar-refractivity contribution in [2.24, 2.45) is 0 Å². The Morgan fingerprint density at radius 2 is 1.88 bits per heavy atom. The van der Waals surface area contributed by atoms with Crippen molar-refractivity contribution in [2.45, 2.75) is 19.4 Å². The SMILES string of the molecule is O=C(NCc1ccc(N2CCCC2=O)cc1)Nc1ccccc1F. The van der Waals surface area contributed by atoms with Crippen molar-refractivity contribution in [1.82, 2.24) is 5.32 Å². The van der Waals surface area contributed by atoms with Crippen molar-refractivity contribution in [1.29, 1.82) is 0 Å². The van der Waals surface area contributed by atoms with Gasteiger partial charge in [0.15, 0.2) is 0 Å². The first-order valence-corrected chi connectivity index (χ1v) is 7.82. The van der Waals surface area contributed by atoms with Gasteiger partial charge in [0, 0.05) is 25.2 Å². The van der Waals surface area contributed by atoms with Crippen LogP contribution in [0.25, 0.3) is 0 Å². The lowest BCUT2D eigenvalue weighted by Crippen LogP contribution is -2.28. The number of nitrogens with zero attached hydrogens (tertiary/aromatic N) is 1. The number of anilines is 2. The Labute approximate surface area is 139 Å². The largest absolute Gasteiger partial charge is 0.334 e. The van der Waals surface area contributed by atoms with Crippen LogP contribution in [0.5, 0.6) is 0 Å². The fourth-order valence-corrected chi connectivity index (χ4v) is 2.63. The van der Waals surface area contributed by atoms with Gasteiger partial charge in [0.2, 0.25) is 5.91 Å². The van der Waals surface area contributed by atoms with Gasteiger partial charge < -0.3 is 15.5 Å². The second kappa shape index (κ2) is 7.12. The van der Waals surface area contributed by atoms with E-state index in [2.05, 4.69) is 10.6 Å². The molecular formula is C18H18FN3O2. The average Bonchev–Trinajstić information content (AvgIpc) is 3.02. The Morgan fingerprint density at radius 1 is 1.12 bits per heavy atom. The monoisotopic (exact) mass is 327 g/mol. The number of para-hydroxylation sites is 1. The van der Waals surface area contributed by atoms with Gasteiger partial charge in [0.25, 0.3) is 0 Å². The molecule has 3 amide bonds. The molecule has 24 heavy (non-hydrogen) atoms. The molecule has 0 aliphatic carbocycles. The van der Waals surface area contributed by atoms with Crippen LogP contribution >= 0.6 is 0 Å². The maximum absolute atomic E-state index is 13.5. The number of hydrogen-bond acceptors (Lipinski definition) is 2. The molecule has 3 rings (SSSR count). The molecule has 0 aromatic heterocycles. The fourth-order valence-electron chi connectivity index (χ4n) is 2.63. The van der Waals surface area contributed by atoms with E-state index in [4.69, 9.17) is 0 Å². The van der Waals surface area contributed by atoms with Gasteiger partial charge in [0.05, 0.1) is 5.69 Å². The van der Waals surface area contributed by atoms with E-state index in [1.807, 2.05) is 24.3 Å². The van der Waals surface area contributed by atoms with Crippen molar-refractivity contribution < 1.29 is 14.0 Å². The predicted molar refractivity (Wildman–Crippen MR) is 90.3 cm³/mol. The standard InChI is InChI=1S/C18H18FN3O2/c19-15-4-1-2-5-16(15)21-18(24)20-12-13-7-9-14(10-8-13)22-11-3-6-17(22)23/h1-2,4-5,7-10H,3,6,11-12H2,(H2,20,21,24). The van der Waals surface area contributed by atoms with Crippen LogP contribution < -0.4 is 15.5 Å². The molecule has 1 saturated heterocycles. The van der Waals surface area contributed by atoms with E-state index in [0.29, 0.717) is 13.0 Å². The highest BCUT2D eigenvalue weighted by Gasteiger charge is 2.21. The van der Waals surface area contributed by atoms with Gasteiger partial charge >= 0.3 is 6.03 Å². The van der Waals surface area contributed by atoms with E-state index in [9.17, 15) is 14.0 Å². The minimum atomic E-state index is -0.479. The number of carbonyl (C=O) groups is 2. The molecule has 1 fully saturated rings. The molecule has 2 N–H and O–H groups in total. The second-order valence-electron chi connectivity index (χ2n) is 5.60. The minimum absolute atomic E-state index is 0.137. The van der Waals surface area contributed by atoms with Crippen LogP contribution in [0.2, 0.25) is 0 Å². The molecule has 2 aromatic carbocycles. The van der Waals surface area contributed by atoms with Gasteiger partial charge in [-0.25, -0.2) is 9.18 Å². The summed E-state index contributed by atoms with van der Waals surface area (Å²) in [6.45, 7) is 1.07. The lowest BCUT2D eigenvalue weighted by Gasteiger charge is -2.16. The summed E-state index contributed by atoms with van der Waals surface area (Å²) < 4.78 is 13.5. The number of hydrogen-bond donors (Lipinski definition) is 2. The first-order chi connectivity index (χ1) is 11.6. The molecule has 0 spiro atoms. The molecule has 1 heterocycles. The molecule has 0 atom stereocenters. The zero-order valence-electron chi connectivity index (χ0n) is 13.1. The molecular weight excluding hydrogens is 309 g/mol. The van der Waals surface area contributed by atoms with Gasteiger partial charge in [-0.05, 0) is 36.2 Å². The molecule has 0 radical (unpaired) electrons. The van der Waals surface area contributed by atoms with Gasteiger partial charge in [-0.15, -0.1) is 0 Å². The number of carbonyl (C=O) groups excluding carboxylic acids is 2. The first kappa shape index (κ1) is 16.0. The molecule has 2 aromatic rings. The second-order valence-corrected chi connectivity index (χ2v) is 5.60. The quantitative estimate of drug-likeness (QED) is 0.905. The van der Waals surface area contributed by atoms with Crippen molar-refractivity contribution in [3.63, 3.8) is 0 Å². The van der Waals surface area contributed by atoms with Gasteiger partial charge in [-0.2, -0.15) is 0 Å². The molecule has 0 saturated carbocycles. The molecule has 124 valence electrons. The Kier molecular flexibility index (Phi) is 4.74. The van der Waals surface area contributed by atoms with E-state index in [-0.39, 0.29) is 11.6 Å². The third kappa shape index (κ3) is 3.71. The maximum atomic E-state index is 13.5. The number of nitrogens with one attached hydrogen (secondary N) is 2. The maximum Gasteiger partial charge on any atom is 0.319 e. The Morgan fingerprint density at radius 3 is 2.54 bits per heavy atom. The summed E-state index contributed by atoms with van der Waals surface area (Å²) in [5, 5.41) is 5.14. The van der Waals surface area contributed by atoms with Gasteiger partial charge in [-0.1, -0.05) is 24.3 Å². The van der Waals surface area contributed by atoms with E-state index >= 15 is 0 Å². The lowest BCUT2D eigenvalue weighted by atomic mass is 10.2. The first-order valence-electron chi connectivity index (χ1n) is 7.82. The van der Waals surface area contributed by atoms with Crippen LogP contribution in [-0.2, 0) is 11.3 Å². The average molecular weight is 327 g/mol.